The Morgan fingerprint density at radius 3 is 2.37 bits per heavy atom. The second-order valence-corrected chi connectivity index (χ2v) is 7.42. The molecule has 1 fully saturated rings. The van der Waals surface area contributed by atoms with Crippen LogP contribution < -0.4 is 14.2 Å². The Balaban J connectivity index is 2.02. The Hall–Kier alpha value is -2.73. The van der Waals surface area contributed by atoms with Gasteiger partial charge in [0.25, 0.3) is 0 Å². The van der Waals surface area contributed by atoms with Gasteiger partial charge in [-0.15, -0.1) is 0 Å². The molecule has 0 saturated carbocycles. The number of carboxylic acid groups (broad SMARTS) is 1. The van der Waals surface area contributed by atoms with Crippen molar-refractivity contribution in [2.45, 2.75) is 32.7 Å². The summed E-state index contributed by atoms with van der Waals surface area (Å²) >= 11 is 0. The van der Waals surface area contributed by atoms with E-state index in [0.29, 0.717) is 31.9 Å². The van der Waals surface area contributed by atoms with Crippen molar-refractivity contribution in [3.8, 4) is 17.2 Å². The van der Waals surface area contributed by atoms with Crippen LogP contribution in [0.2, 0.25) is 0 Å². The standard InChI is InChI=1S/C24H31NO5/c1-4-29-21-13-10-18(15-22(21)30-5-2)23(17-8-11-20(28-3)12-9-17)25-14-6-7-19(16-25)24(26)27/h8-13,15,19,23H,4-7,14,16H2,1-3H3,(H,26,27). The molecule has 6 nitrogen and oxygen atoms in total. The summed E-state index contributed by atoms with van der Waals surface area (Å²) in [5.74, 6) is 1.14. The van der Waals surface area contributed by atoms with Gasteiger partial charge in [0.15, 0.2) is 11.5 Å². The van der Waals surface area contributed by atoms with Crippen LogP contribution in [0.5, 0.6) is 17.2 Å². The van der Waals surface area contributed by atoms with Crippen molar-refractivity contribution in [2.75, 3.05) is 33.4 Å². The molecule has 3 rings (SSSR count). The van der Waals surface area contributed by atoms with Crippen molar-refractivity contribution in [1.29, 1.82) is 0 Å². The zero-order chi connectivity index (χ0) is 21.5. The molecular formula is C24H31NO5. The van der Waals surface area contributed by atoms with Crippen molar-refractivity contribution in [1.82, 2.24) is 4.90 Å². The average Bonchev–Trinajstić information content (AvgIpc) is 2.76. The number of aliphatic carboxylic acids is 1. The van der Waals surface area contributed by atoms with Gasteiger partial charge in [0.05, 0.1) is 32.3 Å². The fourth-order valence-corrected chi connectivity index (χ4v) is 4.08. The molecule has 1 N–H and O–H groups in total. The number of piperidine rings is 1. The smallest absolute Gasteiger partial charge is 0.307 e. The first-order chi connectivity index (χ1) is 14.6. The summed E-state index contributed by atoms with van der Waals surface area (Å²) in [6.07, 6.45) is 1.58. The van der Waals surface area contributed by atoms with Gasteiger partial charge in [0.1, 0.15) is 5.75 Å². The lowest BCUT2D eigenvalue weighted by Gasteiger charge is -2.37. The maximum atomic E-state index is 11.7. The Morgan fingerprint density at radius 1 is 1.07 bits per heavy atom. The molecule has 1 saturated heterocycles. The number of likely N-dealkylation sites (tertiary alicyclic amines) is 1. The third-order valence-corrected chi connectivity index (χ3v) is 5.48. The first kappa shape index (κ1) is 22.0. The van der Waals surface area contributed by atoms with Crippen LogP contribution in [0, 0.1) is 5.92 Å². The van der Waals surface area contributed by atoms with Gasteiger partial charge in [-0.05, 0) is 68.6 Å². The minimum absolute atomic E-state index is 0.0760. The minimum Gasteiger partial charge on any atom is -0.497 e. The number of hydrogen-bond acceptors (Lipinski definition) is 5. The van der Waals surface area contributed by atoms with Gasteiger partial charge in [-0.3, -0.25) is 9.69 Å². The summed E-state index contributed by atoms with van der Waals surface area (Å²) in [7, 11) is 1.65. The van der Waals surface area contributed by atoms with Crippen LogP contribution in [0.4, 0.5) is 0 Å². The number of benzene rings is 2. The summed E-state index contributed by atoms with van der Waals surface area (Å²) in [4.78, 5) is 13.9. The SMILES string of the molecule is CCOc1ccc(C(c2ccc(OC)cc2)N2CCCC(C(=O)O)C2)cc1OCC. The summed E-state index contributed by atoms with van der Waals surface area (Å²) in [6, 6.07) is 13.9. The van der Waals surface area contributed by atoms with E-state index in [1.54, 1.807) is 7.11 Å². The second kappa shape index (κ2) is 10.3. The van der Waals surface area contributed by atoms with E-state index in [9.17, 15) is 9.90 Å². The van der Waals surface area contributed by atoms with Gasteiger partial charge in [-0.1, -0.05) is 18.2 Å². The number of rotatable bonds is 9. The number of carbonyl (C=O) groups is 1. The van der Waals surface area contributed by atoms with Gasteiger partial charge in [0, 0.05) is 6.54 Å². The third kappa shape index (κ3) is 5.05. The highest BCUT2D eigenvalue weighted by Gasteiger charge is 2.31. The van der Waals surface area contributed by atoms with Crippen LogP contribution >= 0.6 is 0 Å². The third-order valence-electron chi connectivity index (χ3n) is 5.48. The molecule has 162 valence electrons. The molecule has 1 aliphatic heterocycles. The molecule has 0 radical (unpaired) electrons. The molecule has 2 unspecified atom stereocenters. The maximum Gasteiger partial charge on any atom is 0.307 e. The van der Waals surface area contributed by atoms with Crippen LogP contribution in [-0.4, -0.2) is 49.4 Å². The molecule has 1 aliphatic rings. The number of carboxylic acids is 1. The van der Waals surface area contributed by atoms with E-state index in [4.69, 9.17) is 14.2 Å². The second-order valence-electron chi connectivity index (χ2n) is 7.42. The van der Waals surface area contributed by atoms with Crippen LogP contribution in [0.15, 0.2) is 42.5 Å². The van der Waals surface area contributed by atoms with E-state index in [2.05, 4.69) is 4.90 Å². The van der Waals surface area contributed by atoms with Gasteiger partial charge >= 0.3 is 5.97 Å². The van der Waals surface area contributed by atoms with Crippen molar-refractivity contribution in [3.05, 3.63) is 53.6 Å². The number of ether oxygens (including phenoxy) is 3. The Labute approximate surface area is 178 Å². The van der Waals surface area contributed by atoms with E-state index in [0.717, 1.165) is 35.6 Å². The largest absolute Gasteiger partial charge is 0.497 e. The van der Waals surface area contributed by atoms with Crippen LogP contribution in [0.3, 0.4) is 0 Å². The van der Waals surface area contributed by atoms with E-state index >= 15 is 0 Å². The monoisotopic (exact) mass is 413 g/mol. The fourth-order valence-electron chi connectivity index (χ4n) is 4.08. The summed E-state index contributed by atoms with van der Waals surface area (Å²) in [5.41, 5.74) is 2.14. The van der Waals surface area contributed by atoms with E-state index < -0.39 is 5.97 Å². The molecule has 2 aromatic carbocycles. The number of methoxy groups -OCH3 is 1. The molecule has 0 aliphatic carbocycles. The highest BCUT2D eigenvalue weighted by Crippen LogP contribution is 2.38. The predicted octanol–water partition coefficient (Wildman–Crippen LogP) is 4.38. The molecule has 6 heteroatoms. The normalized spacial score (nSPS) is 17.9. The predicted molar refractivity (Wildman–Crippen MR) is 116 cm³/mol. The van der Waals surface area contributed by atoms with Gasteiger partial charge in [-0.25, -0.2) is 0 Å². The van der Waals surface area contributed by atoms with E-state index in [1.807, 2.05) is 56.3 Å². The molecular weight excluding hydrogens is 382 g/mol. The molecule has 2 aromatic rings. The minimum atomic E-state index is -0.727. The summed E-state index contributed by atoms with van der Waals surface area (Å²) < 4.78 is 16.9. The summed E-state index contributed by atoms with van der Waals surface area (Å²) in [5, 5.41) is 9.58. The Morgan fingerprint density at radius 2 is 1.73 bits per heavy atom. The van der Waals surface area contributed by atoms with E-state index in [1.165, 1.54) is 0 Å². The van der Waals surface area contributed by atoms with Gasteiger partial charge in [0.2, 0.25) is 0 Å². The Bertz CT molecular complexity index is 836. The average molecular weight is 414 g/mol. The van der Waals surface area contributed by atoms with Gasteiger partial charge < -0.3 is 19.3 Å². The zero-order valence-corrected chi connectivity index (χ0v) is 18.0. The van der Waals surface area contributed by atoms with E-state index in [-0.39, 0.29) is 12.0 Å². The molecule has 30 heavy (non-hydrogen) atoms. The maximum absolute atomic E-state index is 11.7. The number of nitrogens with zero attached hydrogens (tertiary/aromatic N) is 1. The zero-order valence-electron chi connectivity index (χ0n) is 18.0. The lowest BCUT2D eigenvalue weighted by molar-refractivity contribution is -0.143. The lowest BCUT2D eigenvalue weighted by Crippen LogP contribution is -2.41. The topological polar surface area (TPSA) is 68.2 Å². The van der Waals surface area contributed by atoms with Crippen molar-refractivity contribution < 1.29 is 24.1 Å². The van der Waals surface area contributed by atoms with Gasteiger partial charge in [-0.2, -0.15) is 0 Å². The molecule has 0 amide bonds. The molecule has 1 heterocycles. The van der Waals surface area contributed by atoms with Crippen LogP contribution in [-0.2, 0) is 4.79 Å². The molecule has 0 spiro atoms. The first-order valence-corrected chi connectivity index (χ1v) is 10.6. The first-order valence-electron chi connectivity index (χ1n) is 10.6. The Kier molecular flexibility index (Phi) is 7.57. The summed E-state index contributed by atoms with van der Waals surface area (Å²) in [6.45, 7) is 6.37. The van der Waals surface area contributed by atoms with Crippen LogP contribution in [0.25, 0.3) is 0 Å². The fraction of sp³-hybridized carbons (Fsp3) is 0.458. The highest BCUT2D eigenvalue weighted by atomic mass is 16.5. The van der Waals surface area contributed by atoms with Crippen molar-refractivity contribution in [3.63, 3.8) is 0 Å². The highest BCUT2D eigenvalue weighted by molar-refractivity contribution is 5.70. The van der Waals surface area contributed by atoms with Crippen molar-refractivity contribution >= 4 is 5.97 Å². The van der Waals surface area contributed by atoms with Crippen molar-refractivity contribution in [2.24, 2.45) is 5.92 Å². The quantitative estimate of drug-likeness (QED) is 0.658. The van der Waals surface area contributed by atoms with Crippen LogP contribution in [0.1, 0.15) is 43.9 Å². The molecule has 0 aromatic heterocycles. The number of hydrogen-bond donors (Lipinski definition) is 1. The molecule has 2 atom stereocenters. The lowest BCUT2D eigenvalue weighted by atomic mass is 9.91. The molecule has 0 bridgehead atoms.